The first-order valence-electron chi connectivity index (χ1n) is 6.40. The second kappa shape index (κ2) is 6.91. The molecule has 0 aromatic heterocycles. The van der Waals surface area contributed by atoms with E-state index in [-0.39, 0.29) is 19.3 Å². The van der Waals surface area contributed by atoms with E-state index in [9.17, 15) is 9.59 Å². The summed E-state index contributed by atoms with van der Waals surface area (Å²) in [4.78, 5) is 23.1. The van der Waals surface area contributed by atoms with Crippen LogP contribution in [0, 0.1) is 0 Å². The Morgan fingerprint density at radius 1 is 1.35 bits per heavy atom. The molecule has 0 radical (unpaired) electrons. The average molecular weight is 279 g/mol. The maximum absolute atomic E-state index is 11.5. The predicted molar refractivity (Wildman–Crippen MR) is 69.9 cm³/mol. The van der Waals surface area contributed by atoms with Gasteiger partial charge in [0.2, 0.25) is 0 Å². The topological polar surface area (TPSA) is 77.2 Å². The monoisotopic (exact) mass is 279 g/mol. The molecule has 0 bridgehead atoms. The molecular formula is C14H17NO5. The van der Waals surface area contributed by atoms with E-state index in [0.29, 0.717) is 6.61 Å². The van der Waals surface area contributed by atoms with Gasteiger partial charge in [0.25, 0.3) is 0 Å². The van der Waals surface area contributed by atoms with Crippen molar-refractivity contribution in [2.24, 2.45) is 0 Å². The molecule has 6 nitrogen and oxygen atoms in total. The van der Waals surface area contributed by atoms with Gasteiger partial charge in [-0.3, -0.25) is 0 Å². The molecule has 2 atom stereocenters. The number of rotatable bonds is 6. The summed E-state index contributed by atoms with van der Waals surface area (Å²) < 4.78 is 14.9. The Morgan fingerprint density at radius 3 is 2.70 bits per heavy atom. The van der Waals surface area contributed by atoms with Gasteiger partial charge in [-0.2, -0.15) is 0 Å². The maximum atomic E-state index is 11.5. The Kier molecular flexibility index (Phi) is 4.95. The third-order valence-corrected chi connectivity index (χ3v) is 2.71. The van der Waals surface area contributed by atoms with Crippen molar-refractivity contribution >= 4 is 12.1 Å². The Hall–Kier alpha value is -2.08. The van der Waals surface area contributed by atoms with Crippen LogP contribution in [0.2, 0.25) is 0 Å². The Labute approximate surface area is 117 Å². The van der Waals surface area contributed by atoms with Crippen molar-refractivity contribution in [3.05, 3.63) is 35.9 Å². The summed E-state index contributed by atoms with van der Waals surface area (Å²) in [6.45, 7) is 2.54. The zero-order valence-electron chi connectivity index (χ0n) is 11.2. The Balaban J connectivity index is 1.66. The average Bonchev–Trinajstić information content (AvgIpc) is 3.28. The van der Waals surface area contributed by atoms with Crippen LogP contribution >= 0.6 is 0 Å². The second-order valence-corrected chi connectivity index (χ2v) is 4.51. The van der Waals surface area contributed by atoms with E-state index >= 15 is 0 Å². The number of ether oxygens (including phenoxy) is 3. The van der Waals surface area contributed by atoms with Gasteiger partial charge in [-0.1, -0.05) is 30.3 Å². The molecule has 1 saturated heterocycles. The van der Waals surface area contributed by atoms with Crippen molar-refractivity contribution in [2.75, 3.05) is 13.2 Å². The summed E-state index contributed by atoms with van der Waals surface area (Å²) in [6, 6.07) is 8.54. The third-order valence-electron chi connectivity index (χ3n) is 2.71. The van der Waals surface area contributed by atoms with Gasteiger partial charge in [-0.15, -0.1) is 0 Å². The van der Waals surface area contributed by atoms with E-state index in [2.05, 4.69) is 5.32 Å². The highest BCUT2D eigenvalue weighted by molar-refractivity contribution is 5.80. The van der Waals surface area contributed by atoms with Gasteiger partial charge in [-0.05, 0) is 12.5 Å². The number of carbonyl (C=O) groups is 2. The lowest BCUT2D eigenvalue weighted by Crippen LogP contribution is -2.40. The minimum Gasteiger partial charge on any atom is -0.461 e. The number of benzene rings is 1. The largest absolute Gasteiger partial charge is 0.461 e. The Morgan fingerprint density at radius 2 is 2.05 bits per heavy atom. The van der Waals surface area contributed by atoms with Crippen LogP contribution in [0.4, 0.5) is 4.79 Å². The van der Waals surface area contributed by atoms with E-state index in [1.54, 1.807) is 6.92 Å². The molecule has 1 aromatic rings. The van der Waals surface area contributed by atoms with Gasteiger partial charge in [0.05, 0.1) is 6.61 Å². The van der Waals surface area contributed by atoms with Crippen molar-refractivity contribution in [3.8, 4) is 0 Å². The SMILES string of the molecule is C[C@H](NC(=O)OCc1ccccc1)C(=O)OCC1CO1. The fraction of sp³-hybridized carbons (Fsp3) is 0.429. The van der Waals surface area contributed by atoms with E-state index in [0.717, 1.165) is 5.56 Å². The van der Waals surface area contributed by atoms with Crippen molar-refractivity contribution in [2.45, 2.75) is 25.7 Å². The summed E-state index contributed by atoms with van der Waals surface area (Å²) in [5.74, 6) is -0.503. The lowest BCUT2D eigenvalue weighted by molar-refractivity contribution is -0.146. The number of hydrogen-bond acceptors (Lipinski definition) is 5. The molecule has 1 heterocycles. The van der Waals surface area contributed by atoms with Crippen LogP contribution in [0.15, 0.2) is 30.3 Å². The van der Waals surface area contributed by atoms with Gasteiger partial charge in [-0.25, -0.2) is 9.59 Å². The minimum atomic E-state index is -0.753. The first kappa shape index (κ1) is 14.3. The van der Waals surface area contributed by atoms with Crippen LogP contribution in [0.5, 0.6) is 0 Å². The molecule has 6 heteroatoms. The van der Waals surface area contributed by atoms with Gasteiger partial charge < -0.3 is 19.5 Å². The lowest BCUT2D eigenvalue weighted by Gasteiger charge is -2.13. The normalized spacial score (nSPS) is 17.9. The quantitative estimate of drug-likeness (QED) is 0.626. The summed E-state index contributed by atoms with van der Waals surface area (Å²) in [6.07, 6.45) is -0.642. The van der Waals surface area contributed by atoms with Crippen LogP contribution < -0.4 is 5.32 Å². The van der Waals surface area contributed by atoms with E-state index in [4.69, 9.17) is 14.2 Å². The van der Waals surface area contributed by atoms with Crippen LogP contribution in [0.1, 0.15) is 12.5 Å². The van der Waals surface area contributed by atoms with Crippen LogP contribution in [-0.4, -0.2) is 37.4 Å². The molecule has 1 fully saturated rings. The number of nitrogens with one attached hydrogen (secondary N) is 1. The summed E-state index contributed by atoms with van der Waals surface area (Å²) >= 11 is 0. The molecule has 1 aliphatic heterocycles. The predicted octanol–water partition coefficient (Wildman–Crippen LogP) is 1.24. The fourth-order valence-corrected chi connectivity index (χ4v) is 1.46. The number of esters is 1. The zero-order chi connectivity index (χ0) is 14.4. The van der Waals surface area contributed by atoms with Crippen molar-refractivity contribution in [1.82, 2.24) is 5.32 Å². The van der Waals surface area contributed by atoms with Crippen molar-refractivity contribution in [3.63, 3.8) is 0 Å². The number of amides is 1. The van der Waals surface area contributed by atoms with Gasteiger partial charge in [0.15, 0.2) is 0 Å². The highest BCUT2D eigenvalue weighted by Gasteiger charge is 2.26. The van der Waals surface area contributed by atoms with Crippen molar-refractivity contribution < 1.29 is 23.8 Å². The fourth-order valence-electron chi connectivity index (χ4n) is 1.46. The summed E-state index contributed by atoms with van der Waals surface area (Å²) in [5.41, 5.74) is 0.878. The van der Waals surface area contributed by atoms with E-state index < -0.39 is 18.1 Å². The molecular weight excluding hydrogens is 262 g/mol. The standard InChI is InChI=1S/C14H17NO5/c1-10(13(16)19-9-12-8-18-12)15-14(17)20-7-11-5-3-2-4-6-11/h2-6,10,12H,7-9H2,1H3,(H,15,17)/t10-,12?/m0/s1. The van der Waals surface area contributed by atoms with Gasteiger partial charge in [0.1, 0.15) is 25.4 Å². The van der Waals surface area contributed by atoms with E-state index in [1.165, 1.54) is 0 Å². The maximum Gasteiger partial charge on any atom is 0.408 e. The molecule has 0 spiro atoms. The van der Waals surface area contributed by atoms with Gasteiger partial charge in [0, 0.05) is 0 Å². The molecule has 1 amide bonds. The molecule has 0 saturated carbocycles. The summed E-state index contributed by atoms with van der Waals surface area (Å²) in [7, 11) is 0. The molecule has 1 N–H and O–H groups in total. The number of alkyl carbamates (subject to hydrolysis) is 1. The smallest absolute Gasteiger partial charge is 0.408 e. The van der Waals surface area contributed by atoms with E-state index in [1.807, 2.05) is 30.3 Å². The van der Waals surface area contributed by atoms with Crippen LogP contribution in [0.3, 0.4) is 0 Å². The second-order valence-electron chi connectivity index (χ2n) is 4.51. The highest BCUT2D eigenvalue weighted by Crippen LogP contribution is 2.09. The molecule has 1 aliphatic rings. The minimum absolute atomic E-state index is 0.0104. The molecule has 0 aliphatic carbocycles. The Bertz CT molecular complexity index is 458. The number of hydrogen-bond donors (Lipinski definition) is 1. The van der Waals surface area contributed by atoms with Crippen molar-refractivity contribution in [1.29, 1.82) is 0 Å². The van der Waals surface area contributed by atoms with Crippen LogP contribution in [0.25, 0.3) is 0 Å². The highest BCUT2D eigenvalue weighted by atomic mass is 16.6. The first-order chi connectivity index (χ1) is 9.65. The lowest BCUT2D eigenvalue weighted by atomic mass is 10.2. The molecule has 20 heavy (non-hydrogen) atoms. The first-order valence-corrected chi connectivity index (χ1v) is 6.40. The third kappa shape index (κ3) is 4.89. The zero-order valence-corrected chi connectivity index (χ0v) is 11.2. The van der Waals surface area contributed by atoms with Crippen LogP contribution in [-0.2, 0) is 25.6 Å². The van der Waals surface area contributed by atoms with Gasteiger partial charge >= 0.3 is 12.1 Å². The molecule has 1 aromatic carbocycles. The molecule has 108 valence electrons. The number of carbonyl (C=O) groups excluding carboxylic acids is 2. The number of epoxide rings is 1. The molecule has 1 unspecified atom stereocenters. The molecule has 2 rings (SSSR count). The summed E-state index contributed by atoms with van der Waals surface area (Å²) in [5, 5.41) is 2.42.